The normalized spacial score (nSPS) is 20.3. The summed E-state index contributed by atoms with van der Waals surface area (Å²) in [6.45, 7) is 1.83. The Hall–Kier alpha value is -2.37. The second-order valence-corrected chi connectivity index (χ2v) is 5.49. The van der Waals surface area contributed by atoms with Crippen molar-refractivity contribution in [3.8, 4) is 5.75 Å². The number of anilines is 1. The third kappa shape index (κ3) is 1.82. The van der Waals surface area contributed by atoms with Crippen molar-refractivity contribution in [1.29, 1.82) is 0 Å². The van der Waals surface area contributed by atoms with E-state index in [9.17, 15) is 14.4 Å². The summed E-state index contributed by atoms with van der Waals surface area (Å²) in [4.78, 5) is 37.7. The number of aryl methyl sites for hydroxylation is 1. The number of imide groups is 2. The molecule has 6 nitrogen and oxygen atoms in total. The van der Waals surface area contributed by atoms with Gasteiger partial charge in [-0.3, -0.25) is 14.9 Å². The molecule has 1 heterocycles. The van der Waals surface area contributed by atoms with Gasteiger partial charge in [-0.2, -0.15) is 0 Å². The van der Waals surface area contributed by atoms with Gasteiger partial charge in [-0.05, 0) is 43.5 Å². The number of amides is 4. The zero-order chi connectivity index (χ0) is 15.2. The Morgan fingerprint density at radius 3 is 2.48 bits per heavy atom. The third-order valence-electron chi connectivity index (χ3n) is 4.31. The van der Waals surface area contributed by atoms with E-state index in [0.29, 0.717) is 24.3 Å². The van der Waals surface area contributed by atoms with Crippen LogP contribution in [0.4, 0.5) is 10.5 Å². The highest BCUT2D eigenvalue weighted by atomic mass is 16.5. The van der Waals surface area contributed by atoms with E-state index in [2.05, 4.69) is 5.32 Å². The van der Waals surface area contributed by atoms with E-state index >= 15 is 0 Å². The minimum Gasteiger partial charge on any atom is -0.496 e. The molecular weight excluding hydrogens is 272 g/mol. The van der Waals surface area contributed by atoms with Crippen molar-refractivity contribution in [2.24, 2.45) is 5.41 Å². The Morgan fingerprint density at radius 2 is 1.95 bits per heavy atom. The molecule has 0 aromatic heterocycles. The number of hydrogen-bond donors (Lipinski definition) is 1. The van der Waals surface area contributed by atoms with E-state index < -0.39 is 23.3 Å². The summed E-state index contributed by atoms with van der Waals surface area (Å²) in [5.41, 5.74) is 0.214. The largest absolute Gasteiger partial charge is 0.496 e. The van der Waals surface area contributed by atoms with Gasteiger partial charge in [0.25, 0.3) is 5.91 Å². The van der Waals surface area contributed by atoms with Gasteiger partial charge >= 0.3 is 6.03 Å². The molecule has 6 heteroatoms. The molecule has 1 spiro atoms. The summed E-state index contributed by atoms with van der Waals surface area (Å²) < 4.78 is 5.17. The van der Waals surface area contributed by atoms with Gasteiger partial charge in [-0.25, -0.2) is 9.69 Å². The van der Waals surface area contributed by atoms with Crippen LogP contribution in [0, 0.1) is 12.3 Å². The minimum absolute atomic E-state index is 0.424. The topological polar surface area (TPSA) is 75.7 Å². The molecule has 1 aliphatic carbocycles. The van der Waals surface area contributed by atoms with Gasteiger partial charge in [-0.15, -0.1) is 0 Å². The van der Waals surface area contributed by atoms with E-state index in [1.165, 1.54) is 0 Å². The standard InChI is InChI=1S/C15H16N2O4/c1-9-8-10(4-5-11(9)21-2)17-13(19)15(6-3-7-15)12(18)16-14(17)20/h4-5,8H,3,6-7H2,1-2H3,(H,16,18,20). The number of benzene rings is 1. The molecule has 0 radical (unpaired) electrons. The lowest BCUT2D eigenvalue weighted by Gasteiger charge is -2.44. The first kappa shape index (κ1) is 13.6. The molecule has 0 bridgehead atoms. The fraction of sp³-hybridized carbons (Fsp3) is 0.400. The fourth-order valence-electron chi connectivity index (χ4n) is 2.88. The molecular formula is C15H16N2O4. The summed E-state index contributed by atoms with van der Waals surface area (Å²) in [7, 11) is 1.56. The van der Waals surface area contributed by atoms with Gasteiger partial charge in [0.15, 0.2) is 0 Å². The number of carbonyl (C=O) groups is 3. The number of hydrogen-bond acceptors (Lipinski definition) is 4. The summed E-state index contributed by atoms with van der Waals surface area (Å²) in [6, 6.07) is 4.37. The first-order valence-corrected chi connectivity index (χ1v) is 6.84. The molecule has 1 N–H and O–H groups in total. The molecule has 2 aliphatic rings. The maximum absolute atomic E-state index is 12.6. The van der Waals surface area contributed by atoms with Crippen LogP contribution in [-0.2, 0) is 9.59 Å². The first-order chi connectivity index (χ1) is 9.99. The molecule has 2 fully saturated rings. The number of urea groups is 1. The lowest BCUT2D eigenvalue weighted by Crippen LogP contribution is -2.66. The molecule has 21 heavy (non-hydrogen) atoms. The smallest absolute Gasteiger partial charge is 0.335 e. The number of carbonyl (C=O) groups excluding carboxylic acids is 3. The summed E-state index contributed by atoms with van der Waals surface area (Å²) in [5.74, 6) is -0.213. The molecule has 0 unspecified atom stereocenters. The van der Waals surface area contributed by atoms with E-state index in [-0.39, 0.29) is 0 Å². The van der Waals surface area contributed by atoms with Crippen LogP contribution in [-0.4, -0.2) is 25.0 Å². The van der Waals surface area contributed by atoms with Crippen LogP contribution in [0.1, 0.15) is 24.8 Å². The number of ether oxygens (including phenoxy) is 1. The SMILES string of the molecule is COc1ccc(N2C(=O)NC(=O)C3(CCC3)C2=O)cc1C. The Kier molecular flexibility index (Phi) is 2.97. The molecule has 0 atom stereocenters. The van der Waals surface area contributed by atoms with E-state index in [4.69, 9.17) is 4.74 Å². The van der Waals surface area contributed by atoms with Gasteiger partial charge in [-0.1, -0.05) is 6.42 Å². The lowest BCUT2D eigenvalue weighted by molar-refractivity contribution is -0.148. The molecule has 1 aromatic carbocycles. The van der Waals surface area contributed by atoms with Crippen LogP contribution in [0.5, 0.6) is 5.75 Å². The maximum atomic E-state index is 12.6. The lowest BCUT2D eigenvalue weighted by atomic mass is 9.66. The maximum Gasteiger partial charge on any atom is 0.335 e. The van der Waals surface area contributed by atoms with Gasteiger partial charge in [0, 0.05) is 0 Å². The quantitative estimate of drug-likeness (QED) is 0.841. The average Bonchev–Trinajstić information content (AvgIpc) is 2.36. The highest BCUT2D eigenvalue weighted by Crippen LogP contribution is 2.45. The number of nitrogens with one attached hydrogen (secondary N) is 1. The van der Waals surface area contributed by atoms with Crippen molar-refractivity contribution in [3.05, 3.63) is 23.8 Å². The molecule has 1 aromatic rings. The molecule has 1 saturated heterocycles. The van der Waals surface area contributed by atoms with Crippen molar-refractivity contribution < 1.29 is 19.1 Å². The summed E-state index contributed by atoms with van der Waals surface area (Å²) in [5, 5.41) is 2.30. The first-order valence-electron chi connectivity index (χ1n) is 6.84. The monoisotopic (exact) mass is 288 g/mol. The molecule has 110 valence electrons. The predicted octanol–water partition coefficient (Wildman–Crippen LogP) is 1.76. The molecule has 1 aliphatic heterocycles. The second kappa shape index (κ2) is 4.58. The Balaban J connectivity index is 2.00. The zero-order valence-electron chi connectivity index (χ0n) is 11.9. The van der Waals surface area contributed by atoms with Crippen molar-refractivity contribution in [2.45, 2.75) is 26.2 Å². The van der Waals surface area contributed by atoms with Crippen molar-refractivity contribution in [2.75, 3.05) is 12.0 Å². The van der Waals surface area contributed by atoms with Crippen LogP contribution < -0.4 is 15.0 Å². The van der Waals surface area contributed by atoms with Crippen LogP contribution in [0.15, 0.2) is 18.2 Å². The molecule has 3 rings (SSSR count). The number of rotatable bonds is 2. The van der Waals surface area contributed by atoms with E-state index in [1.54, 1.807) is 25.3 Å². The van der Waals surface area contributed by atoms with Crippen LogP contribution in [0.25, 0.3) is 0 Å². The molecule has 1 saturated carbocycles. The summed E-state index contributed by atoms with van der Waals surface area (Å²) in [6.07, 6.45) is 1.82. The van der Waals surface area contributed by atoms with Gasteiger partial charge in [0.1, 0.15) is 11.2 Å². The van der Waals surface area contributed by atoms with Crippen LogP contribution in [0.3, 0.4) is 0 Å². The zero-order valence-corrected chi connectivity index (χ0v) is 11.9. The van der Waals surface area contributed by atoms with Crippen molar-refractivity contribution in [1.82, 2.24) is 5.32 Å². The Labute approximate surface area is 122 Å². The van der Waals surface area contributed by atoms with Crippen LogP contribution in [0.2, 0.25) is 0 Å². The second-order valence-electron chi connectivity index (χ2n) is 5.49. The molecule has 4 amide bonds. The minimum atomic E-state index is -1.05. The Bertz CT molecular complexity index is 649. The average molecular weight is 288 g/mol. The highest BCUT2D eigenvalue weighted by Gasteiger charge is 2.57. The fourth-order valence-corrected chi connectivity index (χ4v) is 2.88. The van der Waals surface area contributed by atoms with Crippen LogP contribution >= 0.6 is 0 Å². The number of nitrogens with zero attached hydrogens (tertiary/aromatic N) is 1. The van der Waals surface area contributed by atoms with Gasteiger partial charge in [0.05, 0.1) is 12.8 Å². The highest BCUT2D eigenvalue weighted by molar-refractivity contribution is 6.30. The number of methoxy groups -OCH3 is 1. The number of barbiturate groups is 1. The van der Waals surface area contributed by atoms with Crippen molar-refractivity contribution in [3.63, 3.8) is 0 Å². The third-order valence-corrected chi connectivity index (χ3v) is 4.31. The predicted molar refractivity (Wildman–Crippen MR) is 75.0 cm³/mol. The van der Waals surface area contributed by atoms with E-state index in [1.807, 2.05) is 6.92 Å². The summed E-state index contributed by atoms with van der Waals surface area (Å²) >= 11 is 0. The van der Waals surface area contributed by atoms with Gasteiger partial charge < -0.3 is 4.74 Å². The van der Waals surface area contributed by atoms with Crippen molar-refractivity contribution >= 4 is 23.5 Å². The van der Waals surface area contributed by atoms with E-state index in [0.717, 1.165) is 16.9 Å². The Morgan fingerprint density at radius 1 is 1.24 bits per heavy atom. The van der Waals surface area contributed by atoms with Gasteiger partial charge in [0.2, 0.25) is 5.91 Å².